The molecule has 0 aliphatic heterocycles. The third-order valence-electron chi connectivity index (χ3n) is 3.77. The zero-order valence-electron chi connectivity index (χ0n) is 13.7. The molecule has 3 aromatic rings. The van der Waals surface area contributed by atoms with Gasteiger partial charge in [-0.15, -0.1) is 0 Å². The Balaban J connectivity index is 1.80. The number of alkyl halides is 2. The van der Waals surface area contributed by atoms with Gasteiger partial charge in [0.05, 0.1) is 17.5 Å². The van der Waals surface area contributed by atoms with E-state index >= 15 is 0 Å². The molecular weight excluding hydrogens is 330 g/mol. The number of hydrogen-bond acceptors (Lipinski definition) is 4. The number of rotatable bonds is 5. The highest BCUT2D eigenvalue weighted by atomic mass is 19.3. The third-order valence-corrected chi connectivity index (χ3v) is 3.77. The molecule has 1 amide bonds. The van der Waals surface area contributed by atoms with Crippen molar-refractivity contribution in [3.63, 3.8) is 0 Å². The number of carbonyl (C=O) groups is 1. The van der Waals surface area contributed by atoms with Crippen molar-refractivity contribution in [2.24, 2.45) is 0 Å². The number of hydrogen-bond donors (Lipinski definition) is 1. The maximum absolute atomic E-state index is 12.5. The van der Waals surface area contributed by atoms with E-state index in [9.17, 15) is 13.6 Å². The number of halogens is 2. The van der Waals surface area contributed by atoms with E-state index in [1.165, 1.54) is 12.3 Å². The molecule has 0 unspecified atom stereocenters. The average molecular weight is 346 g/mol. The topological polar surface area (TPSA) is 68.5 Å². The standard InChI is InChI=1S/C17H16F2N4O2/c1-10-3-4-14(25-17(18)19)12(7-10)8-21-16(24)13-9-20-15-5-6-22-23(15)11(13)2/h3-7,9,17H,8H2,1-2H3,(H,21,24). The van der Waals surface area contributed by atoms with Gasteiger partial charge < -0.3 is 10.1 Å². The molecule has 6 nitrogen and oxygen atoms in total. The first-order valence-corrected chi connectivity index (χ1v) is 7.57. The molecule has 0 radical (unpaired) electrons. The van der Waals surface area contributed by atoms with Crippen LogP contribution in [0.5, 0.6) is 5.75 Å². The van der Waals surface area contributed by atoms with Crippen molar-refractivity contribution < 1.29 is 18.3 Å². The Kier molecular flexibility index (Phi) is 4.60. The van der Waals surface area contributed by atoms with Gasteiger partial charge in [0.15, 0.2) is 5.65 Å². The van der Waals surface area contributed by atoms with Crippen LogP contribution in [0.3, 0.4) is 0 Å². The highest BCUT2D eigenvalue weighted by molar-refractivity contribution is 5.95. The van der Waals surface area contributed by atoms with Gasteiger partial charge >= 0.3 is 6.61 Å². The molecule has 0 fully saturated rings. The lowest BCUT2D eigenvalue weighted by Crippen LogP contribution is -2.25. The SMILES string of the molecule is Cc1ccc(OC(F)F)c(CNC(=O)c2cnc3ccnn3c2C)c1. The first-order chi connectivity index (χ1) is 12.0. The summed E-state index contributed by atoms with van der Waals surface area (Å²) in [5.41, 5.74) is 2.99. The second-order valence-electron chi connectivity index (χ2n) is 5.53. The Hall–Kier alpha value is -3.03. The van der Waals surface area contributed by atoms with Crippen molar-refractivity contribution in [2.45, 2.75) is 27.0 Å². The van der Waals surface area contributed by atoms with Crippen LogP contribution in [0.2, 0.25) is 0 Å². The monoisotopic (exact) mass is 346 g/mol. The Morgan fingerprint density at radius 2 is 2.12 bits per heavy atom. The summed E-state index contributed by atoms with van der Waals surface area (Å²) in [5, 5.41) is 6.82. The molecule has 0 saturated carbocycles. The van der Waals surface area contributed by atoms with Gasteiger partial charge in [-0.25, -0.2) is 9.50 Å². The van der Waals surface area contributed by atoms with Gasteiger partial charge in [-0.2, -0.15) is 13.9 Å². The Labute approximate surface area is 142 Å². The number of benzene rings is 1. The van der Waals surface area contributed by atoms with Crippen molar-refractivity contribution in [2.75, 3.05) is 0 Å². The van der Waals surface area contributed by atoms with Crippen LogP contribution in [-0.2, 0) is 6.54 Å². The Morgan fingerprint density at radius 3 is 2.88 bits per heavy atom. The lowest BCUT2D eigenvalue weighted by atomic mass is 10.1. The van der Waals surface area contributed by atoms with Gasteiger partial charge in [-0.1, -0.05) is 17.7 Å². The molecule has 8 heteroatoms. The molecule has 0 spiro atoms. The molecule has 25 heavy (non-hydrogen) atoms. The number of ether oxygens (including phenoxy) is 1. The van der Waals surface area contributed by atoms with Crippen LogP contribution in [0.25, 0.3) is 5.65 Å². The largest absolute Gasteiger partial charge is 0.434 e. The number of fused-ring (bicyclic) bond motifs is 1. The van der Waals surface area contributed by atoms with E-state index in [1.807, 2.05) is 6.92 Å². The molecule has 3 rings (SSSR count). The molecule has 0 aliphatic rings. The summed E-state index contributed by atoms with van der Waals surface area (Å²) in [7, 11) is 0. The number of amides is 1. The number of aryl methyl sites for hydroxylation is 2. The summed E-state index contributed by atoms with van der Waals surface area (Å²) >= 11 is 0. The van der Waals surface area contributed by atoms with Crippen LogP contribution in [-0.4, -0.2) is 27.1 Å². The lowest BCUT2D eigenvalue weighted by molar-refractivity contribution is -0.0504. The van der Waals surface area contributed by atoms with Crippen LogP contribution < -0.4 is 10.1 Å². The van der Waals surface area contributed by atoms with E-state index in [2.05, 4.69) is 20.1 Å². The molecule has 2 aromatic heterocycles. The zero-order valence-corrected chi connectivity index (χ0v) is 13.7. The normalized spacial score (nSPS) is 11.1. The van der Waals surface area contributed by atoms with Gasteiger partial charge in [0, 0.05) is 24.4 Å². The number of carbonyl (C=O) groups excluding carboxylic acids is 1. The summed E-state index contributed by atoms with van der Waals surface area (Å²) in [6.45, 7) is 0.719. The summed E-state index contributed by atoms with van der Waals surface area (Å²) in [6, 6.07) is 6.56. The van der Waals surface area contributed by atoms with Crippen molar-refractivity contribution in [1.29, 1.82) is 0 Å². The van der Waals surface area contributed by atoms with E-state index in [1.54, 1.807) is 35.8 Å². The minimum Gasteiger partial charge on any atom is -0.434 e. The van der Waals surface area contributed by atoms with Crippen molar-refractivity contribution in [3.8, 4) is 5.75 Å². The van der Waals surface area contributed by atoms with Crippen molar-refractivity contribution in [3.05, 3.63) is 59.0 Å². The molecule has 0 atom stereocenters. The van der Waals surface area contributed by atoms with Crippen LogP contribution in [0.1, 0.15) is 27.2 Å². The molecular formula is C17H16F2N4O2. The second-order valence-corrected chi connectivity index (χ2v) is 5.53. The number of nitrogens with zero attached hydrogens (tertiary/aromatic N) is 3. The maximum atomic E-state index is 12.5. The predicted molar refractivity (Wildman–Crippen MR) is 86.7 cm³/mol. The zero-order chi connectivity index (χ0) is 18.0. The van der Waals surface area contributed by atoms with Crippen LogP contribution in [0, 0.1) is 13.8 Å². The predicted octanol–water partition coefficient (Wildman–Crippen LogP) is 2.88. The number of aromatic nitrogens is 3. The van der Waals surface area contributed by atoms with Gasteiger partial charge in [-0.3, -0.25) is 4.79 Å². The summed E-state index contributed by atoms with van der Waals surface area (Å²) in [6.07, 6.45) is 3.06. The van der Waals surface area contributed by atoms with Gasteiger partial charge in [0.1, 0.15) is 5.75 Å². The first-order valence-electron chi connectivity index (χ1n) is 7.57. The Morgan fingerprint density at radius 1 is 1.32 bits per heavy atom. The van der Waals surface area contributed by atoms with Crippen LogP contribution in [0.15, 0.2) is 36.7 Å². The van der Waals surface area contributed by atoms with E-state index in [4.69, 9.17) is 0 Å². The highest BCUT2D eigenvalue weighted by Crippen LogP contribution is 2.22. The summed E-state index contributed by atoms with van der Waals surface area (Å²) < 4.78 is 31.1. The molecule has 2 heterocycles. The number of nitrogens with one attached hydrogen (secondary N) is 1. The minimum absolute atomic E-state index is 0.0401. The van der Waals surface area contributed by atoms with Gasteiger partial charge in [0.25, 0.3) is 5.91 Å². The lowest BCUT2D eigenvalue weighted by Gasteiger charge is -2.13. The first kappa shape index (κ1) is 16.8. The fourth-order valence-corrected chi connectivity index (χ4v) is 2.54. The second kappa shape index (κ2) is 6.84. The molecule has 1 aromatic carbocycles. The summed E-state index contributed by atoms with van der Waals surface area (Å²) in [4.78, 5) is 16.6. The minimum atomic E-state index is -2.93. The molecule has 0 saturated heterocycles. The van der Waals surface area contributed by atoms with E-state index < -0.39 is 6.61 Å². The van der Waals surface area contributed by atoms with E-state index in [-0.39, 0.29) is 18.2 Å². The average Bonchev–Trinajstić information content (AvgIpc) is 3.04. The quantitative estimate of drug-likeness (QED) is 0.771. The smallest absolute Gasteiger partial charge is 0.387 e. The summed E-state index contributed by atoms with van der Waals surface area (Å²) in [5.74, 6) is -0.329. The van der Waals surface area contributed by atoms with Crippen molar-refractivity contribution >= 4 is 11.6 Å². The van der Waals surface area contributed by atoms with E-state index in [0.29, 0.717) is 22.5 Å². The fourth-order valence-electron chi connectivity index (χ4n) is 2.54. The fraction of sp³-hybridized carbons (Fsp3) is 0.235. The molecule has 0 bridgehead atoms. The van der Waals surface area contributed by atoms with Gasteiger partial charge in [0.2, 0.25) is 0 Å². The van der Waals surface area contributed by atoms with Crippen LogP contribution in [0.4, 0.5) is 8.78 Å². The molecule has 1 N–H and O–H groups in total. The molecule has 0 aliphatic carbocycles. The van der Waals surface area contributed by atoms with E-state index in [0.717, 1.165) is 5.56 Å². The van der Waals surface area contributed by atoms with Crippen LogP contribution >= 0.6 is 0 Å². The Bertz CT molecular complexity index is 924. The van der Waals surface area contributed by atoms with Gasteiger partial charge in [-0.05, 0) is 19.9 Å². The maximum Gasteiger partial charge on any atom is 0.387 e. The third kappa shape index (κ3) is 3.57. The molecule has 130 valence electrons. The highest BCUT2D eigenvalue weighted by Gasteiger charge is 2.15. The van der Waals surface area contributed by atoms with Crippen molar-refractivity contribution in [1.82, 2.24) is 19.9 Å².